The highest BCUT2D eigenvalue weighted by molar-refractivity contribution is 5.79. The van der Waals surface area contributed by atoms with Crippen LogP contribution in [0.2, 0.25) is 0 Å². The van der Waals surface area contributed by atoms with Crippen molar-refractivity contribution in [2.24, 2.45) is 5.92 Å². The summed E-state index contributed by atoms with van der Waals surface area (Å²) >= 11 is 0. The fourth-order valence-corrected chi connectivity index (χ4v) is 1.39. The summed E-state index contributed by atoms with van der Waals surface area (Å²) in [5, 5.41) is 11.3. The van der Waals surface area contributed by atoms with Gasteiger partial charge in [0.25, 0.3) is 0 Å². The zero-order valence-electron chi connectivity index (χ0n) is 9.00. The van der Waals surface area contributed by atoms with E-state index < -0.39 is 30.4 Å². The Balaban J connectivity index is 2.44. The summed E-state index contributed by atoms with van der Waals surface area (Å²) in [6.07, 6.45) is -3.70. The van der Waals surface area contributed by atoms with Crippen LogP contribution in [0.5, 0.6) is 0 Å². The Labute approximate surface area is 94.9 Å². The number of hydrogen-bond donors (Lipinski definition) is 2. The summed E-state index contributed by atoms with van der Waals surface area (Å²) in [6, 6.07) is 0. The second-order valence-corrected chi connectivity index (χ2v) is 4.03. The summed E-state index contributed by atoms with van der Waals surface area (Å²) in [4.78, 5) is 21.3. The molecule has 0 unspecified atom stereocenters. The lowest BCUT2D eigenvalue weighted by Gasteiger charge is -2.25. The number of nitrogens with one attached hydrogen (secondary N) is 1. The van der Waals surface area contributed by atoms with Gasteiger partial charge in [0.1, 0.15) is 12.3 Å². The highest BCUT2D eigenvalue weighted by Crippen LogP contribution is 2.39. The number of rotatable bonds is 5. The molecule has 98 valence electrons. The molecule has 1 atom stereocenters. The molecule has 0 heterocycles. The van der Waals surface area contributed by atoms with E-state index in [0.717, 1.165) is 0 Å². The van der Waals surface area contributed by atoms with Crippen LogP contribution in [0.4, 0.5) is 13.2 Å². The number of aliphatic carboxylic acids is 1. The van der Waals surface area contributed by atoms with Crippen LogP contribution in [0, 0.1) is 5.92 Å². The normalized spacial score (nSPS) is 19.5. The molecule has 0 bridgehead atoms. The minimum absolute atomic E-state index is 0.149. The maximum Gasteiger partial charge on any atom is 0.490 e. The molecular weight excluding hydrogens is 243 g/mol. The van der Waals surface area contributed by atoms with Crippen molar-refractivity contribution in [2.45, 2.75) is 31.5 Å². The largest absolute Gasteiger partial charge is 0.490 e. The average molecular weight is 255 g/mol. The molecule has 17 heavy (non-hydrogen) atoms. The fourth-order valence-electron chi connectivity index (χ4n) is 1.39. The molecule has 0 aromatic heterocycles. The lowest BCUT2D eigenvalue weighted by molar-refractivity contribution is -0.201. The van der Waals surface area contributed by atoms with Gasteiger partial charge in [0.05, 0.1) is 0 Å². The SMILES string of the molecule is C[C@@](NCOC(=O)C(F)(F)F)(C(=O)O)C1CC1. The number of carbonyl (C=O) groups is 2. The Bertz CT molecular complexity index is 327. The maximum absolute atomic E-state index is 11.8. The molecule has 2 N–H and O–H groups in total. The van der Waals surface area contributed by atoms with Gasteiger partial charge in [-0.25, -0.2) is 4.79 Å². The number of carboxylic acids is 1. The Morgan fingerprint density at radius 1 is 1.41 bits per heavy atom. The van der Waals surface area contributed by atoms with Crippen LogP contribution in [-0.4, -0.2) is 35.5 Å². The smallest absolute Gasteiger partial charge is 0.480 e. The van der Waals surface area contributed by atoms with Crippen LogP contribution in [0.15, 0.2) is 0 Å². The first kappa shape index (κ1) is 13.8. The summed E-state index contributed by atoms with van der Waals surface area (Å²) < 4.78 is 39.2. The zero-order chi connectivity index (χ0) is 13.3. The van der Waals surface area contributed by atoms with E-state index in [1.807, 2.05) is 0 Å². The van der Waals surface area contributed by atoms with Crippen molar-refractivity contribution in [2.75, 3.05) is 6.73 Å². The van der Waals surface area contributed by atoms with Crippen LogP contribution in [0.1, 0.15) is 19.8 Å². The van der Waals surface area contributed by atoms with E-state index >= 15 is 0 Å². The molecule has 1 aliphatic carbocycles. The molecule has 1 rings (SSSR count). The second-order valence-electron chi connectivity index (χ2n) is 4.03. The van der Waals surface area contributed by atoms with E-state index in [4.69, 9.17) is 5.11 Å². The third kappa shape index (κ3) is 3.32. The van der Waals surface area contributed by atoms with Gasteiger partial charge >= 0.3 is 18.1 Å². The quantitative estimate of drug-likeness (QED) is 0.563. The second kappa shape index (κ2) is 4.52. The number of carbonyl (C=O) groups excluding carboxylic acids is 1. The molecule has 0 aromatic rings. The van der Waals surface area contributed by atoms with Crippen LogP contribution in [0.3, 0.4) is 0 Å². The van der Waals surface area contributed by atoms with Crippen LogP contribution in [-0.2, 0) is 14.3 Å². The fraction of sp³-hybridized carbons (Fsp3) is 0.778. The van der Waals surface area contributed by atoms with Gasteiger partial charge < -0.3 is 9.84 Å². The summed E-state index contributed by atoms with van der Waals surface area (Å²) in [6.45, 7) is 0.575. The van der Waals surface area contributed by atoms with E-state index in [9.17, 15) is 22.8 Å². The Kier molecular flexibility index (Phi) is 3.65. The van der Waals surface area contributed by atoms with Crippen LogP contribution in [0.25, 0.3) is 0 Å². The first-order valence-electron chi connectivity index (χ1n) is 4.90. The predicted octanol–water partition coefficient (Wildman–Crippen LogP) is 0.892. The van der Waals surface area contributed by atoms with Crippen molar-refractivity contribution in [3.63, 3.8) is 0 Å². The monoisotopic (exact) mass is 255 g/mol. The molecule has 0 radical (unpaired) electrons. The van der Waals surface area contributed by atoms with Crippen LogP contribution >= 0.6 is 0 Å². The Morgan fingerprint density at radius 3 is 2.29 bits per heavy atom. The molecule has 1 fully saturated rings. The van der Waals surface area contributed by atoms with Gasteiger partial charge in [-0.15, -0.1) is 0 Å². The lowest BCUT2D eigenvalue weighted by Crippen LogP contribution is -2.52. The topological polar surface area (TPSA) is 75.6 Å². The number of ether oxygens (including phenoxy) is 1. The number of hydrogen-bond acceptors (Lipinski definition) is 4. The van der Waals surface area contributed by atoms with E-state index in [1.54, 1.807) is 0 Å². The Morgan fingerprint density at radius 2 is 1.94 bits per heavy atom. The molecular formula is C9H12F3NO4. The van der Waals surface area contributed by atoms with Crippen LogP contribution < -0.4 is 5.32 Å². The van der Waals surface area contributed by atoms with Gasteiger partial charge in [0.2, 0.25) is 0 Å². The minimum Gasteiger partial charge on any atom is -0.480 e. The number of esters is 1. The van der Waals surface area contributed by atoms with Crippen molar-refractivity contribution in [3.05, 3.63) is 0 Å². The van der Waals surface area contributed by atoms with Crippen molar-refractivity contribution >= 4 is 11.9 Å². The zero-order valence-corrected chi connectivity index (χ0v) is 9.00. The maximum atomic E-state index is 11.8. The van der Waals surface area contributed by atoms with Crippen molar-refractivity contribution in [1.82, 2.24) is 5.32 Å². The molecule has 0 amide bonds. The van der Waals surface area contributed by atoms with E-state index in [-0.39, 0.29) is 5.92 Å². The van der Waals surface area contributed by atoms with Gasteiger partial charge in [-0.2, -0.15) is 13.2 Å². The third-order valence-corrected chi connectivity index (χ3v) is 2.71. The number of alkyl halides is 3. The molecule has 0 aromatic carbocycles. The first-order chi connectivity index (χ1) is 7.68. The molecule has 0 aliphatic heterocycles. The van der Waals surface area contributed by atoms with Crippen molar-refractivity contribution in [1.29, 1.82) is 0 Å². The predicted molar refractivity (Wildman–Crippen MR) is 48.9 cm³/mol. The van der Waals surface area contributed by atoms with Gasteiger partial charge in [0.15, 0.2) is 0 Å². The average Bonchev–Trinajstić information content (AvgIpc) is 2.98. The molecule has 0 spiro atoms. The lowest BCUT2D eigenvalue weighted by atomic mass is 9.96. The summed E-state index contributed by atoms with van der Waals surface area (Å²) in [7, 11) is 0. The Hall–Kier alpha value is -1.31. The van der Waals surface area contributed by atoms with Gasteiger partial charge in [-0.1, -0.05) is 0 Å². The van der Waals surface area contributed by atoms with E-state index in [1.165, 1.54) is 6.92 Å². The minimum atomic E-state index is -5.07. The third-order valence-electron chi connectivity index (χ3n) is 2.71. The van der Waals surface area contributed by atoms with Crippen molar-refractivity contribution in [3.8, 4) is 0 Å². The summed E-state index contributed by atoms with van der Waals surface area (Å²) in [5.41, 5.74) is -1.36. The highest BCUT2D eigenvalue weighted by atomic mass is 19.4. The standard InChI is InChI=1S/C9H12F3NO4/c1-8(6(14)15,5-2-3-5)13-4-17-7(16)9(10,11)12/h5,13H,2-4H2,1H3,(H,14,15)/t8-/m0/s1. The number of halogens is 3. The van der Waals surface area contributed by atoms with E-state index in [0.29, 0.717) is 12.8 Å². The number of carboxylic acid groups (broad SMARTS) is 1. The molecule has 1 saturated carbocycles. The van der Waals surface area contributed by atoms with E-state index in [2.05, 4.69) is 10.1 Å². The molecule has 5 nitrogen and oxygen atoms in total. The van der Waals surface area contributed by atoms with Crippen molar-refractivity contribution < 1.29 is 32.6 Å². The van der Waals surface area contributed by atoms with Gasteiger partial charge in [0, 0.05) is 0 Å². The molecule has 8 heteroatoms. The van der Waals surface area contributed by atoms with Gasteiger partial charge in [-0.3, -0.25) is 10.1 Å². The van der Waals surface area contributed by atoms with Gasteiger partial charge in [-0.05, 0) is 25.7 Å². The summed E-state index contributed by atoms with van der Waals surface area (Å²) in [5.74, 6) is -3.67. The molecule has 0 saturated heterocycles. The molecule has 1 aliphatic rings. The highest BCUT2D eigenvalue weighted by Gasteiger charge is 2.48. The first-order valence-corrected chi connectivity index (χ1v) is 4.90.